The van der Waals surface area contributed by atoms with Crippen LogP contribution in [0.15, 0.2) is 53.5 Å². The monoisotopic (exact) mass is 297 g/mol. The molecule has 0 saturated carbocycles. The number of hydrogen-bond donors (Lipinski definition) is 1. The van der Waals surface area contributed by atoms with E-state index in [0.717, 1.165) is 22.6 Å². The summed E-state index contributed by atoms with van der Waals surface area (Å²) in [4.78, 5) is 4.41. The smallest absolute Gasteiger partial charge is 0.183 e. The number of nitrogens with zero attached hydrogens (tertiary/aromatic N) is 2. The van der Waals surface area contributed by atoms with Gasteiger partial charge in [0.05, 0.1) is 12.8 Å². The second-order valence-electron chi connectivity index (χ2n) is 4.11. The molecule has 0 radical (unpaired) electrons. The SMILES string of the molecule is COc1ccccc1-c1cccc(N=C(NC#N)SC)c1. The first kappa shape index (κ1) is 14.9. The van der Waals surface area contributed by atoms with E-state index in [1.54, 1.807) is 7.11 Å². The number of nitrogens with one attached hydrogen (secondary N) is 1. The number of para-hydroxylation sites is 1. The second-order valence-corrected chi connectivity index (χ2v) is 4.90. The van der Waals surface area contributed by atoms with Gasteiger partial charge in [-0.25, -0.2) is 4.99 Å². The van der Waals surface area contributed by atoms with Crippen molar-refractivity contribution in [1.82, 2.24) is 5.32 Å². The number of amidine groups is 1. The van der Waals surface area contributed by atoms with Crippen molar-refractivity contribution < 1.29 is 4.74 Å². The number of rotatable bonds is 3. The first-order chi connectivity index (χ1) is 10.3. The molecule has 1 N–H and O–H groups in total. The molecular formula is C16H15N3OS. The van der Waals surface area contributed by atoms with Gasteiger partial charge >= 0.3 is 0 Å². The topological polar surface area (TPSA) is 57.4 Å². The predicted molar refractivity (Wildman–Crippen MR) is 87.8 cm³/mol. The van der Waals surface area contributed by atoms with Gasteiger partial charge in [-0.2, -0.15) is 5.26 Å². The minimum atomic E-state index is 0.565. The molecule has 0 fully saturated rings. The van der Waals surface area contributed by atoms with Crippen LogP contribution in [-0.4, -0.2) is 18.5 Å². The molecule has 4 nitrogen and oxygen atoms in total. The van der Waals surface area contributed by atoms with E-state index in [9.17, 15) is 0 Å². The van der Waals surface area contributed by atoms with E-state index in [1.165, 1.54) is 11.8 Å². The molecular weight excluding hydrogens is 282 g/mol. The lowest BCUT2D eigenvalue weighted by Crippen LogP contribution is -2.12. The largest absolute Gasteiger partial charge is 0.496 e. The highest BCUT2D eigenvalue weighted by Crippen LogP contribution is 2.31. The highest BCUT2D eigenvalue weighted by Gasteiger charge is 2.05. The molecule has 21 heavy (non-hydrogen) atoms. The van der Waals surface area contributed by atoms with Crippen LogP contribution in [0.5, 0.6) is 5.75 Å². The number of nitriles is 1. The third-order valence-corrected chi connectivity index (χ3v) is 3.43. The van der Waals surface area contributed by atoms with Crippen LogP contribution in [0.3, 0.4) is 0 Å². The van der Waals surface area contributed by atoms with Gasteiger partial charge < -0.3 is 4.74 Å². The lowest BCUT2D eigenvalue weighted by atomic mass is 10.0. The number of benzene rings is 2. The molecule has 5 heteroatoms. The quantitative estimate of drug-likeness (QED) is 0.405. The van der Waals surface area contributed by atoms with Crippen LogP contribution >= 0.6 is 11.8 Å². The van der Waals surface area contributed by atoms with E-state index in [-0.39, 0.29) is 0 Å². The Bertz CT molecular complexity index is 692. The summed E-state index contributed by atoms with van der Waals surface area (Å²) in [7, 11) is 1.66. The standard InChI is InChI=1S/C16H15N3OS/c1-20-15-9-4-3-8-14(15)12-6-5-7-13(10-12)19-16(21-2)18-11-17/h3-10H,1-2H3,(H,18,19). The highest BCUT2D eigenvalue weighted by molar-refractivity contribution is 8.13. The number of methoxy groups -OCH3 is 1. The van der Waals surface area contributed by atoms with Gasteiger partial charge in [0, 0.05) is 5.56 Å². The van der Waals surface area contributed by atoms with E-state index >= 15 is 0 Å². The maximum Gasteiger partial charge on any atom is 0.183 e. The van der Waals surface area contributed by atoms with Gasteiger partial charge in [0.15, 0.2) is 11.4 Å². The van der Waals surface area contributed by atoms with Crippen molar-refractivity contribution >= 4 is 22.6 Å². The molecule has 0 aliphatic carbocycles. The number of aliphatic imine (C=N–C) groups is 1. The molecule has 2 aromatic carbocycles. The van der Waals surface area contributed by atoms with Crippen molar-refractivity contribution in [2.24, 2.45) is 4.99 Å². The van der Waals surface area contributed by atoms with Crippen LogP contribution in [0.25, 0.3) is 11.1 Å². The van der Waals surface area contributed by atoms with E-state index in [4.69, 9.17) is 10.00 Å². The van der Waals surface area contributed by atoms with E-state index < -0.39 is 0 Å². The Kier molecular flexibility index (Phi) is 5.24. The van der Waals surface area contributed by atoms with Crippen LogP contribution in [0.4, 0.5) is 5.69 Å². The van der Waals surface area contributed by atoms with E-state index in [2.05, 4.69) is 10.3 Å². The zero-order valence-electron chi connectivity index (χ0n) is 11.8. The normalized spacial score (nSPS) is 10.8. The van der Waals surface area contributed by atoms with Crippen LogP contribution in [0.2, 0.25) is 0 Å². The summed E-state index contributed by atoms with van der Waals surface area (Å²) in [6, 6.07) is 15.6. The molecule has 0 unspecified atom stereocenters. The summed E-state index contributed by atoms with van der Waals surface area (Å²) >= 11 is 1.39. The predicted octanol–water partition coefficient (Wildman–Crippen LogP) is 3.78. The second kappa shape index (κ2) is 7.36. The summed E-state index contributed by atoms with van der Waals surface area (Å²) in [6.45, 7) is 0. The van der Waals surface area contributed by atoms with E-state index in [1.807, 2.05) is 61.0 Å². The van der Waals surface area contributed by atoms with Crippen LogP contribution in [0.1, 0.15) is 0 Å². The zero-order chi connectivity index (χ0) is 15.1. The molecule has 0 saturated heterocycles. The Hall–Kier alpha value is -2.45. The van der Waals surface area contributed by atoms with Gasteiger partial charge in [0.1, 0.15) is 5.75 Å². The molecule has 0 atom stereocenters. The van der Waals surface area contributed by atoms with Gasteiger partial charge in [-0.15, -0.1) is 0 Å². The van der Waals surface area contributed by atoms with Crippen LogP contribution in [0, 0.1) is 11.5 Å². The van der Waals surface area contributed by atoms with Crippen LogP contribution < -0.4 is 10.1 Å². The Balaban J connectivity index is 2.40. The van der Waals surface area contributed by atoms with Crippen molar-refractivity contribution in [1.29, 1.82) is 5.26 Å². The van der Waals surface area contributed by atoms with Crippen molar-refractivity contribution in [3.05, 3.63) is 48.5 Å². The molecule has 0 aromatic heterocycles. The molecule has 2 rings (SSSR count). The Morgan fingerprint density at radius 3 is 2.76 bits per heavy atom. The van der Waals surface area contributed by atoms with Gasteiger partial charge in [-0.3, -0.25) is 5.32 Å². The lowest BCUT2D eigenvalue weighted by molar-refractivity contribution is 0.416. The van der Waals surface area contributed by atoms with Crippen molar-refractivity contribution in [3.8, 4) is 23.1 Å². The third kappa shape index (κ3) is 3.77. The summed E-state index contributed by atoms with van der Waals surface area (Å²) in [5.41, 5.74) is 2.81. The minimum Gasteiger partial charge on any atom is -0.496 e. The van der Waals surface area contributed by atoms with Gasteiger partial charge in [-0.05, 0) is 30.0 Å². The molecule has 0 bridgehead atoms. The van der Waals surface area contributed by atoms with Crippen molar-refractivity contribution in [3.63, 3.8) is 0 Å². The lowest BCUT2D eigenvalue weighted by Gasteiger charge is -2.09. The maximum absolute atomic E-state index is 8.67. The zero-order valence-corrected chi connectivity index (χ0v) is 12.6. The highest BCUT2D eigenvalue weighted by atomic mass is 32.2. The molecule has 0 amide bonds. The number of ether oxygens (including phenoxy) is 1. The summed E-state index contributed by atoms with van der Waals surface area (Å²) in [5.74, 6) is 0.818. The Morgan fingerprint density at radius 1 is 1.24 bits per heavy atom. The van der Waals surface area contributed by atoms with Crippen molar-refractivity contribution in [2.75, 3.05) is 13.4 Å². The fourth-order valence-corrected chi connectivity index (χ4v) is 2.26. The summed E-state index contributed by atoms with van der Waals surface area (Å²) in [6.07, 6.45) is 3.75. The number of hydrogen-bond acceptors (Lipinski definition) is 4. The summed E-state index contributed by atoms with van der Waals surface area (Å²) in [5, 5.41) is 11.8. The van der Waals surface area contributed by atoms with Crippen molar-refractivity contribution in [2.45, 2.75) is 0 Å². The average Bonchev–Trinajstić information content (AvgIpc) is 2.54. The fourth-order valence-electron chi connectivity index (χ4n) is 1.92. The van der Waals surface area contributed by atoms with Gasteiger partial charge in [0.2, 0.25) is 0 Å². The molecule has 2 aromatic rings. The Labute approximate surface area is 128 Å². The third-order valence-electron chi connectivity index (χ3n) is 2.85. The van der Waals surface area contributed by atoms with Gasteiger partial charge in [0.25, 0.3) is 0 Å². The van der Waals surface area contributed by atoms with E-state index in [0.29, 0.717) is 5.17 Å². The maximum atomic E-state index is 8.67. The minimum absolute atomic E-state index is 0.565. The first-order valence-electron chi connectivity index (χ1n) is 6.29. The van der Waals surface area contributed by atoms with Gasteiger partial charge in [-0.1, -0.05) is 42.1 Å². The fraction of sp³-hybridized carbons (Fsp3) is 0.125. The van der Waals surface area contributed by atoms with Crippen LogP contribution in [-0.2, 0) is 0 Å². The number of thioether (sulfide) groups is 1. The molecule has 0 aliphatic heterocycles. The first-order valence-corrected chi connectivity index (χ1v) is 7.52. The molecule has 106 valence electrons. The average molecular weight is 297 g/mol. The molecule has 0 aliphatic rings. The Morgan fingerprint density at radius 2 is 2.05 bits per heavy atom. The molecule has 0 heterocycles. The molecule has 0 spiro atoms. The summed E-state index contributed by atoms with van der Waals surface area (Å²) < 4.78 is 5.39.